The number of amides is 1. The number of rotatable bonds is 2. The molecule has 0 aromatic carbocycles. The van der Waals surface area contributed by atoms with Crippen molar-refractivity contribution in [1.29, 1.82) is 0 Å². The highest BCUT2D eigenvalue weighted by atomic mass is 16.6. The highest BCUT2D eigenvalue weighted by Crippen LogP contribution is 2.06. The Balaban J connectivity index is 2.32. The highest BCUT2D eigenvalue weighted by molar-refractivity contribution is 5.67. The molecule has 0 bridgehead atoms. The van der Waals surface area contributed by atoms with Gasteiger partial charge in [0.15, 0.2) is 5.43 Å². The molecule has 0 saturated carbocycles. The number of H-pyrrole nitrogens is 1. The van der Waals surface area contributed by atoms with Crippen LogP contribution in [0.3, 0.4) is 0 Å². The Morgan fingerprint density at radius 3 is 2.84 bits per heavy atom. The summed E-state index contributed by atoms with van der Waals surface area (Å²) in [5, 5.41) is 2.60. The molecule has 1 heterocycles. The van der Waals surface area contributed by atoms with Gasteiger partial charge in [-0.2, -0.15) is 0 Å². The summed E-state index contributed by atoms with van der Waals surface area (Å²) < 4.78 is 5.07. The number of nitrogens with one attached hydrogen (secondary N) is 2. The van der Waals surface area contributed by atoms with Gasteiger partial charge in [0.2, 0.25) is 0 Å². The summed E-state index contributed by atoms with van der Waals surface area (Å²) >= 11 is 0. The Labute approximate surface area is 112 Å². The molecule has 1 rings (SSSR count). The number of ether oxygens (including phenoxy) is 1. The van der Waals surface area contributed by atoms with Gasteiger partial charge in [-0.1, -0.05) is 5.92 Å². The molecule has 5 heteroatoms. The molecule has 0 atom stereocenters. The van der Waals surface area contributed by atoms with Crippen molar-refractivity contribution in [3.63, 3.8) is 0 Å². The number of carbonyl (C=O) groups is 1. The van der Waals surface area contributed by atoms with Gasteiger partial charge < -0.3 is 15.0 Å². The van der Waals surface area contributed by atoms with Gasteiger partial charge in [-0.05, 0) is 26.7 Å². The minimum absolute atomic E-state index is 0.0880. The molecule has 1 aromatic heterocycles. The molecule has 1 amide bonds. The maximum absolute atomic E-state index is 11.3. The zero-order chi connectivity index (χ0) is 14.3. The third kappa shape index (κ3) is 6.94. The minimum atomic E-state index is -0.501. The molecule has 0 saturated heterocycles. The first-order valence-electron chi connectivity index (χ1n) is 6.01. The maximum atomic E-state index is 11.3. The van der Waals surface area contributed by atoms with Crippen LogP contribution in [-0.4, -0.2) is 23.2 Å². The van der Waals surface area contributed by atoms with Gasteiger partial charge >= 0.3 is 6.09 Å². The monoisotopic (exact) mass is 262 g/mol. The summed E-state index contributed by atoms with van der Waals surface area (Å²) in [6, 6.07) is 2.85. The second-order valence-electron chi connectivity index (χ2n) is 4.92. The Morgan fingerprint density at radius 2 is 2.21 bits per heavy atom. The molecular weight excluding hydrogens is 244 g/mol. The lowest BCUT2D eigenvalue weighted by Gasteiger charge is -2.19. The fourth-order valence-corrected chi connectivity index (χ4v) is 1.22. The summed E-state index contributed by atoms with van der Waals surface area (Å²) in [4.78, 5) is 25.2. The van der Waals surface area contributed by atoms with Crippen LogP contribution in [0.15, 0.2) is 23.1 Å². The average Bonchev–Trinajstić information content (AvgIpc) is 2.26. The SMILES string of the molecule is CC(C)(C)OC(=O)NCCC#Cc1cc(=O)cc[nH]1. The molecule has 0 aliphatic rings. The molecule has 0 spiro atoms. The topological polar surface area (TPSA) is 71.2 Å². The summed E-state index contributed by atoms with van der Waals surface area (Å²) in [5.41, 5.74) is -0.0288. The van der Waals surface area contributed by atoms with Crippen molar-refractivity contribution < 1.29 is 9.53 Å². The van der Waals surface area contributed by atoms with Crippen molar-refractivity contribution in [2.45, 2.75) is 32.8 Å². The lowest BCUT2D eigenvalue weighted by Crippen LogP contribution is -2.32. The fraction of sp³-hybridized carbons (Fsp3) is 0.429. The van der Waals surface area contributed by atoms with Crippen LogP contribution < -0.4 is 10.7 Å². The van der Waals surface area contributed by atoms with Crippen LogP contribution in [0.25, 0.3) is 0 Å². The van der Waals surface area contributed by atoms with Crippen molar-refractivity contribution in [3.05, 3.63) is 34.2 Å². The number of carbonyl (C=O) groups excluding carboxylic acids is 1. The maximum Gasteiger partial charge on any atom is 0.407 e. The van der Waals surface area contributed by atoms with Crippen molar-refractivity contribution in [2.75, 3.05) is 6.54 Å². The second kappa shape index (κ2) is 6.64. The Hall–Kier alpha value is -2.22. The van der Waals surface area contributed by atoms with Crippen LogP contribution in [0.4, 0.5) is 4.79 Å². The van der Waals surface area contributed by atoms with Crippen LogP contribution in [0, 0.1) is 11.8 Å². The second-order valence-corrected chi connectivity index (χ2v) is 4.92. The molecule has 19 heavy (non-hydrogen) atoms. The molecule has 2 N–H and O–H groups in total. The van der Waals surface area contributed by atoms with E-state index in [-0.39, 0.29) is 5.43 Å². The van der Waals surface area contributed by atoms with E-state index in [1.165, 1.54) is 12.1 Å². The normalized spacial score (nSPS) is 10.3. The van der Waals surface area contributed by atoms with Gasteiger partial charge in [0, 0.05) is 31.3 Å². The smallest absolute Gasteiger partial charge is 0.407 e. The third-order valence-corrected chi connectivity index (χ3v) is 1.91. The number of hydrogen-bond donors (Lipinski definition) is 2. The van der Waals surface area contributed by atoms with E-state index >= 15 is 0 Å². The van der Waals surface area contributed by atoms with E-state index in [4.69, 9.17) is 4.74 Å². The Kier molecular flexibility index (Phi) is 5.19. The van der Waals surface area contributed by atoms with Crippen molar-refractivity contribution in [3.8, 4) is 11.8 Å². The first-order valence-corrected chi connectivity index (χ1v) is 6.01. The lowest BCUT2D eigenvalue weighted by molar-refractivity contribution is 0.0529. The molecule has 0 aliphatic heterocycles. The van der Waals surface area contributed by atoms with Gasteiger partial charge in [0.05, 0.1) is 5.69 Å². The van der Waals surface area contributed by atoms with Gasteiger partial charge in [0.1, 0.15) is 5.60 Å². The predicted octanol–water partition coefficient (Wildman–Crippen LogP) is 1.64. The van der Waals surface area contributed by atoms with E-state index in [1.54, 1.807) is 27.0 Å². The minimum Gasteiger partial charge on any atom is -0.444 e. The molecule has 0 aliphatic carbocycles. The first-order chi connectivity index (χ1) is 8.87. The van der Waals surface area contributed by atoms with Crippen LogP contribution in [-0.2, 0) is 4.74 Å². The van der Waals surface area contributed by atoms with E-state index in [0.29, 0.717) is 18.7 Å². The van der Waals surface area contributed by atoms with Gasteiger partial charge in [0.25, 0.3) is 0 Å². The summed E-state index contributed by atoms with van der Waals surface area (Å²) in [6.07, 6.45) is 1.57. The molecule has 0 unspecified atom stereocenters. The number of hydrogen-bond acceptors (Lipinski definition) is 3. The van der Waals surface area contributed by atoms with Gasteiger partial charge in [-0.3, -0.25) is 4.79 Å². The van der Waals surface area contributed by atoms with E-state index < -0.39 is 11.7 Å². The molecule has 1 aromatic rings. The molecule has 0 fully saturated rings. The summed E-state index contributed by atoms with van der Waals surface area (Å²) in [6.45, 7) is 5.81. The van der Waals surface area contributed by atoms with Crippen LogP contribution in [0.1, 0.15) is 32.9 Å². The number of pyridine rings is 1. The molecular formula is C14H18N2O3. The van der Waals surface area contributed by atoms with Crippen molar-refractivity contribution in [1.82, 2.24) is 10.3 Å². The standard InChI is InChI=1S/C14H18N2O3/c1-14(2,3)19-13(18)16-8-5-4-6-11-10-12(17)7-9-15-11/h7,9-10H,5,8H2,1-3H3,(H,15,17)(H,16,18). The van der Waals surface area contributed by atoms with E-state index in [2.05, 4.69) is 22.1 Å². The van der Waals surface area contributed by atoms with Crippen LogP contribution >= 0.6 is 0 Å². The summed E-state index contributed by atoms with van der Waals surface area (Å²) in [7, 11) is 0. The quantitative estimate of drug-likeness (QED) is 0.628. The van der Waals surface area contributed by atoms with E-state index in [1.807, 2.05) is 0 Å². The zero-order valence-electron chi connectivity index (χ0n) is 11.4. The Bertz CT molecular complexity index is 544. The van der Waals surface area contributed by atoms with Crippen molar-refractivity contribution in [2.24, 2.45) is 0 Å². The average molecular weight is 262 g/mol. The van der Waals surface area contributed by atoms with Gasteiger partial charge in [-0.15, -0.1) is 0 Å². The van der Waals surface area contributed by atoms with Crippen molar-refractivity contribution >= 4 is 6.09 Å². The zero-order valence-corrected chi connectivity index (χ0v) is 11.4. The molecule has 5 nitrogen and oxygen atoms in total. The van der Waals surface area contributed by atoms with E-state index in [9.17, 15) is 9.59 Å². The summed E-state index contributed by atoms with van der Waals surface area (Å²) in [5.74, 6) is 5.67. The Morgan fingerprint density at radius 1 is 1.47 bits per heavy atom. The largest absolute Gasteiger partial charge is 0.444 e. The van der Waals surface area contributed by atoms with Gasteiger partial charge in [-0.25, -0.2) is 4.79 Å². The molecule has 0 radical (unpaired) electrons. The number of alkyl carbamates (subject to hydrolysis) is 1. The number of aromatic amines is 1. The first kappa shape index (κ1) is 14.8. The highest BCUT2D eigenvalue weighted by Gasteiger charge is 2.15. The predicted molar refractivity (Wildman–Crippen MR) is 72.8 cm³/mol. The fourth-order valence-electron chi connectivity index (χ4n) is 1.22. The third-order valence-electron chi connectivity index (χ3n) is 1.91. The molecule has 102 valence electrons. The number of aromatic nitrogens is 1. The van der Waals surface area contributed by atoms with Crippen LogP contribution in [0.5, 0.6) is 0 Å². The van der Waals surface area contributed by atoms with Crippen LogP contribution in [0.2, 0.25) is 0 Å². The lowest BCUT2D eigenvalue weighted by atomic mass is 10.2. The van der Waals surface area contributed by atoms with E-state index in [0.717, 1.165) is 0 Å².